The Morgan fingerprint density at radius 3 is 2.14 bits per heavy atom. The van der Waals surface area contributed by atoms with Crippen molar-refractivity contribution in [3.63, 3.8) is 0 Å². The summed E-state index contributed by atoms with van der Waals surface area (Å²) in [6.45, 7) is 6.03. The molecule has 1 fully saturated rings. The minimum Gasteiger partial charge on any atom is -0.352 e. The summed E-state index contributed by atoms with van der Waals surface area (Å²) >= 11 is 0. The average Bonchev–Trinajstić information content (AvgIpc) is 2.77. The van der Waals surface area contributed by atoms with E-state index in [-0.39, 0.29) is 23.7 Å². The van der Waals surface area contributed by atoms with Gasteiger partial charge in [0.25, 0.3) is 0 Å². The highest BCUT2D eigenvalue weighted by molar-refractivity contribution is 5.81. The molecule has 0 atom stereocenters. The number of hydrogen-bond acceptors (Lipinski definition) is 2. The van der Waals surface area contributed by atoms with Crippen molar-refractivity contribution in [3.8, 4) is 0 Å². The van der Waals surface area contributed by atoms with Crippen LogP contribution in [0, 0.1) is 18.8 Å². The highest BCUT2D eigenvalue weighted by atomic mass is 16.2. The Labute approximate surface area is 174 Å². The van der Waals surface area contributed by atoms with Crippen molar-refractivity contribution in [2.45, 2.75) is 52.6 Å². The van der Waals surface area contributed by atoms with E-state index >= 15 is 0 Å². The Morgan fingerprint density at radius 2 is 1.52 bits per heavy atom. The number of amides is 2. The van der Waals surface area contributed by atoms with Crippen molar-refractivity contribution in [1.82, 2.24) is 10.2 Å². The Morgan fingerprint density at radius 1 is 0.897 bits per heavy atom. The largest absolute Gasteiger partial charge is 0.352 e. The summed E-state index contributed by atoms with van der Waals surface area (Å²) < 4.78 is 0. The molecule has 2 aromatic rings. The van der Waals surface area contributed by atoms with Gasteiger partial charge in [0.15, 0.2) is 0 Å². The summed E-state index contributed by atoms with van der Waals surface area (Å²) in [5.41, 5.74) is 3.50. The molecule has 0 heterocycles. The summed E-state index contributed by atoms with van der Waals surface area (Å²) in [7, 11) is 0. The molecule has 3 rings (SSSR count). The van der Waals surface area contributed by atoms with Gasteiger partial charge in [0.2, 0.25) is 11.8 Å². The lowest BCUT2D eigenvalue weighted by Gasteiger charge is -2.31. The van der Waals surface area contributed by atoms with Crippen LogP contribution in [-0.2, 0) is 22.7 Å². The molecular weight excluding hydrogens is 360 g/mol. The maximum Gasteiger partial charge on any atom is 0.225 e. The Hall–Kier alpha value is -2.62. The van der Waals surface area contributed by atoms with E-state index in [2.05, 4.69) is 48.6 Å². The van der Waals surface area contributed by atoms with Crippen LogP contribution in [0.5, 0.6) is 0 Å². The zero-order valence-corrected chi connectivity index (χ0v) is 17.6. The molecule has 4 heteroatoms. The van der Waals surface area contributed by atoms with Crippen LogP contribution >= 0.6 is 0 Å². The molecule has 4 nitrogen and oxygen atoms in total. The van der Waals surface area contributed by atoms with Gasteiger partial charge in [0, 0.05) is 31.5 Å². The van der Waals surface area contributed by atoms with Crippen molar-refractivity contribution in [1.29, 1.82) is 0 Å². The fourth-order valence-corrected chi connectivity index (χ4v) is 4.05. The number of nitrogens with zero attached hydrogens (tertiary/aromatic N) is 1. The van der Waals surface area contributed by atoms with Crippen molar-refractivity contribution >= 4 is 11.8 Å². The molecule has 2 aromatic carbocycles. The third-order valence-corrected chi connectivity index (χ3v) is 5.94. The van der Waals surface area contributed by atoms with Gasteiger partial charge in [0.05, 0.1) is 0 Å². The van der Waals surface area contributed by atoms with E-state index in [0.717, 1.165) is 36.8 Å². The molecule has 154 valence electrons. The second-order valence-corrected chi connectivity index (χ2v) is 8.09. The van der Waals surface area contributed by atoms with Crippen molar-refractivity contribution in [3.05, 3.63) is 71.3 Å². The van der Waals surface area contributed by atoms with Crippen LogP contribution in [-0.4, -0.2) is 23.3 Å². The molecule has 0 radical (unpaired) electrons. The monoisotopic (exact) mass is 392 g/mol. The van der Waals surface area contributed by atoms with E-state index < -0.39 is 0 Å². The van der Waals surface area contributed by atoms with Gasteiger partial charge in [-0.2, -0.15) is 0 Å². The van der Waals surface area contributed by atoms with Crippen LogP contribution in [0.25, 0.3) is 0 Å². The normalized spacial score (nSPS) is 18.8. The highest BCUT2D eigenvalue weighted by Gasteiger charge is 2.31. The minimum absolute atomic E-state index is 0.0219. The van der Waals surface area contributed by atoms with Crippen molar-refractivity contribution in [2.75, 3.05) is 6.54 Å². The summed E-state index contributed by atoms with van der Waals surface area (Å²) in [5.74, 6) is 0.413. The molecular formula is C25H32N2O2. The molecule has 0 saturated heterocycles. The van der Waals surface area contributed by atoms with Gasteiger partial charge in [-0.1, -0.05) is 60.2 Å². The van der Waals surface area contributed by atoms with Crippen molar-refractivity contribution in [2.24, 2.45) is 11.8 Å². The molecule has 0 aromatic heterocycles. The Bertz CT molecular complexity index is 793. The van der Waals surface area contributed by atoms with E-state index in [1.807, 2.05) is 30.0 Å². The number of benzene rings is 2. The number of nitrogens with one attached hydrogen (secondary N) is 1. The topological polar surface area (TPSA) is 49.4 Å². The predicted molar refractivity (Wildman–Crippen MR) is 116 cm³/mol. The molecule has 1 N–H and O–H groups in total. The lowest BCUT2D eigenvalue weighted by Crippen LogP contribution is -2.39. The van der Waals surface area contributed by atoms with Gasteiger partial charge in [-0.15, -0.1) is 0 Å². The van der Waals surface area contributed by atoms with E-state index in [0.29, 0.717) is 19.6 Å². The van der Waals surface area contributed by atoms with Crippen LogP contribution in [0.15, 0.2) is 54.6 Å². The van der Waals surface area contributed by atoms with Crippen molar-refractivity contribution < 1.29 is 9.59 Å². The standard InChI is InChI=1S/C25H32N2O2/c1-3-27(18-21-7-5-4-6-8-21)25(29)23-15-13-22(14-16-23)24(28)26-17-20-11-9-19(2)10-12-20/h4-12,22-23H,3,13-18H2,1-2H3,(H,26,28). The van der Waals surface area contributed by atoms with Gasteiger partial charge < -0.3 is 10.2 Å². The van der Waals surface area contributed by atoms with Gasteiger partial charge >= 0.3 is 0 Å². The first-order valence-electron chi connectivity index (χ1n) is 10.7. The number of aryl methyl sites for hydroxylation is 1. The quantitative estimate of drug-likeness (QED) is 0.756. The first-order valence-corrected chi connectivity index (χ1v) is 10.7. The van der Waals surface area contributed by atoms with Gasteiger partial charge in [0.1, 0.15) is 0 Å². The van der Waals surface area contributed by atoms with Crippen LogP contribution in [0.3, 0.4) is 0 Å². The second-order valence-electron chi connectivity index (χ2n) is 8.09. The average molecular weight is 393 g/mol. The van der Waals surface area contributed by atoms with E-state index in [4.69, 9.17) is 0 Å². The van der Waals surface area contributed by atoms with Crippen LogP contribution in [0.1, 0.15) is 49.3 Å². The fraction of sp³-hybridized carbons (Fsp3) is 0.440. The second kappa shape index (κ2) is 10.2. The third kappa shape index (κ3) is 5.93. The number of rotatable bonds is 7. The van der Waals surface area contributed by atoms with Crippen LogP contribution in [0.2, 0.25) is 0 Å². The van der Waals surface area contributed by atoms with Gasteiger partial charge in [-0.25, -0.2) is 0 Å². The lowest BCUT2D eigenvalue weighted by molar-refractivity contribution is -0.138. The molecule has 2 amide bonds. The zero-order valence-electron chi connectivity index (χ0n) is 17.6. The summed E-state index contributed by atoms with van der Waals surface area (Å²) in [5, 5.41) is 3.06. The van der Waals surface area contributed by atoms with Gasteiger partial charge in [-0.3, -0.25) is 9.59 Å². The first kappa shape index (κ1) is 21.1. The summed E-state index contributed by atoms with van der Waals surface area (Å²) in [4.78, 5) is 27.5. The molecule has 29 heavy (non-hydrogen) atoms. The van der Waals surface area contributed by atoms with Gasteiger partial charge in [-0.05, 0) is 50.7 Å². The lowest BCUT2D eigenvalue weighted by atomic mass is 9.81. The summed E-state index contributed by atoms with van der Waals surface area (Å²) in [6, 6.07) is 18.4. The van der Waals surface area contributed by atoms with Crippen LogP contribution in [0.4, 0.5) is 0 Å². The van der Waals surface area contributed by atoms with E-state index in [1.165, 1.54) is 5.56 Å². The molecule has 1 aliphatic carbocycles. The first-order chi connectivity index (χ1) is 14.1. The zero-order chi connectivity index (χ0) is 20.6. The highest BCUT2D eigenvalue weighted by Crippen LogP contribution is 2.30. The Kier molecular flexibility index (Phi) is 7.45. The maximum atomic E-state index is 13.0. The van der Waals surface area contributed by atoms with Crippen LogP contribution < -0.4 is 5.32 Å². The minimum atomic E-state index is 0.0219. The third-order valence-electron chi connectivity index (χ3n) is 5.94. The fourth-order valence-electron chi connectivity index (χ4n) is 4.05. The molecule has 0 spiro atoms. The number of carbonyl (C=O) groups excluding carboxylic acids is 2. The summed E-state index contributed by atoms with van der Waals surface area (Å²) in [6.07, 6.45) is 3.18. The predicted octanol–water partition coefficient (Wildman–Crippen LogP) is 4.47. The number of carbonyl (C=O) groups is 2. The molecule has 0 bridgehead atoms. The molecule has 1 aliphatic rings. The maximum absolute atomic E-state index is 13.0. The SMILES string of the molecule is CCN(Cc1ccccc1)C(=O)C1CCC(C(=O)NCc2ccc(C)cc2)CC1. The smallest absolute Gasteiger partial charge is 0.225 e. The number of hydrogen-bond donors (Lipinski definition) is 1. The van der Waals surface area contributed by atoms with E-state index in [9.17, 15) is 9.59 Å². The van der Waals surface area contributed by atoms with E-state index in [1.54, 1.807) is 0 Å². The Balaban J connectivity index is 1.46. The molecule has 0 aliphatic heterocycles. The molecule has 0 unspecified atom stereocenters. The molecule has 1 saturated carbocycles.